The van der Waals surface area contributed by atoms with Gasteiger partial charge in [-0.05, 0) is 74.1 Å². The van der Waals surface area contributed by atoms with Gasteiger partial charge in [0, 0.05) is 37.1 Å². The van der Waals surface area contributed by atoms with Crippen LogP contribution in [0, 0.1) is 18.3 Å². The Bertz CT molecular complexity index is 1270. The maximum absolute atomic E-state index is 13.9. The van der Waals surface area contributed by atoms with Gasteiger partial charge >= 0.3 is 0 Å². The zero-order chi connectivity index (χ0) is 27.8. The van der Waals surface area contributed by atoms with Crippen molar-refractivity contribution in [3.05, 3.63) is 107 Å². The number of benzene rings is 3. The molecule has 0 aromatic heterocycles. The molecule has 0 aliphatic heterocycles. The van der Waals surface area contributed by atoms with E-state index >= 15 is 0 Å². The molecule has 1 aliphatic rings. The lowest BCUT2D eigenvalue weighted by Gasteiger charge is -2.39. The molecule has 1 fully saturated rings. The fourth-order valence-corrected chi connectivity index (χ4v) is 6.15. The Balaban J connectivity index is 0.00000441. The Morgan fingerprint density at radius 1 is 0.872 bits per heavy atom. The molecule has 0 heterocycles. The molecule has 39 heavy (non-hydrogen) atoms. The van der Waals surface area contributed by atoms with Crippen molar-refractivity contribution in [1.82, 2.24) is 0 Å². The minimum Gasteiger partial charge on any atom is -0.299 e. The van der Waals surface area contributed by atoms with Crippen LogP contribution in [0.2, 0.25) is 0 Å². The normalized spacial score (nSPS) is 19.8. The molecule has 3 aromatic carbocycles. The van der Waals surface area contributed by atoms with Gasteiger partial charge in [0.05, 0.1) is 0 Å². The van der Waals surface area contributed by atoms with Crippen LogP contribution >= 0.6 is 0 Å². The molecule has 1 aliphatic carbocycles. The number of ketones is 3. The lowest BCUT2D eigenvalue weighted by atomic mass is 9.63. The van der Waals surface area contributed by atoms with E-state index in [0.29, 0.717) is 51.4 Å². The van der Waals surface area contributed by atoms with Crippen LogP contribution in [-0.4, -0.2) is 17.3 Å². The monoisotopic (exact) mass is 524 g/mol. The van der Waals surface area contributed by atoms with Gasteiger partial charge in [-0.25, -0.2) is 0 Å². The molecule has 0 spiro atoms. The first-order valence-electron chi connectivity index (χ1n) is 14.6. The molecule has 0 N–H and O–H groups in total. The minimum absolute atomic E-state index is 0. The van der Waals surface area contributed by atoms with E-state index in [-0.39, 0.29) is 30.6 Å². The quantitative estimate of drug-likeness (QED) is 0.223. The number of hydrogen-bond acceptors (Lipinski definition) is 3. The summed E-state index contributed by atoms with van der Waals surface area (Å²) in [5.74, 6) is 0.371. The molecule has 1 saturated carbocycles. The average molecular weight is 525 g/mol. The summed E-state index contributed by atoms with van der Waals surface area (Å²) in [5, 5.41) is 0. The van der Waals surface area contributed by atoms with Crippen molar-refractivity contribution in [2.24, 2.45) is 11.3 Å². The Hall–Kier alpha value is -3.33. The first-order chi connectivity index (χ1) is 18.8. The van der Waals surface area contributed by atoms with Gasteiger partial charge in [-0.1, -0.05) is 92.7 Å². The summed E-state index contributed by atoms with van der Waals surface area (Å²) in [4.78, 5) is 40.3. The third-order valence-corrected chi connectivity index (χ3v) is 9.07. The summed E-state index contributed by atoms with van der Waals surface area (Å²) >= 11 is 0. The van der Waals surface area contributed by atoms with E-state index in [1.54, 1.807) is 0 Å². The molecule has 3 heteroatoms. The first kappa shape index (κ1) is 28.7. The smallest absolute Gasteiger partial charge is 0.165 e. The van der Waals surface area contributed by atoms with Crippen molar-refractivity contribution in [2.45, 2.75) is 84.5 Å². The summed E-state index contributed by atoms with van der Waals surface area (Å²) in [7, 11) is 0. The van der Waals surface area contributed by atoms with Crippen LogP contribution < -0.4 is 0 Å². The lowest BCUT2D eigenvalue weighted by molar-refractivity contribution is -0.132. The van der Waals surface area contributed by atoms with E-state index in [9.17, 15) is 14.4 Å². The number of rotatable bonds is 12. The van der Waals surface area contributed by atoms with Crippen molar-refractivity contribution in [3.63, 3.8) is 0 Å². The molecule has 0 bridgehead atoms. The maximum atomic E-state index is 13.9. The van der Waals surface area contributed by atoms with E-state index < -0.39 is 5.41 Å². The molecular weight excluding hydrogens is 480 g/mol. The molecule has 0 radical (unpaired) electrons. The zero-order valence-corrected chi connectivity index (χ0v) is 23.7. The molecule has 1 unspecified atom stereocenters. The molecule has 0 amide bonds. The standard InChI is InChI=1S/C36H42O3.H2/c1-4-28-14-16-30(17-15-28)27(3)33(37)22-25-36(34(38)19-18-29-11-9-8-10-26(29)2)23-20-32(21-24-36)35(39)31-12-6-5-7-13-31;/h5-17,27,32H,4,18-25H2,1-3H3;1H. The van der Waals surface area contributed by atoms with E-state index in [2.05, 4.69) is 50.2 Å². The van der Waals surface area contributed by atoms with Gasteiger partial charge < -0.3 is 0 Å². The highest BCUT2D eigenvalue weighted by molar-refractivity contribution is 5.98. The van der Waals surface area contributed by atoms with Crippen molar-refractivity contribution < 1.29 is 15.8 Å². The van der Waals surface area contributed by atoms with Gasteiger partial charge in [-0.3, -0.25) is 14.4 Å². The fraction of sp³-hybridized carbons (Fsp3) is 0.417. The molecule has 206 valence electrons. The number of carbonyl (C=O) groups is 3. The van der Waals surface area contributed by atoms with E-state index in [4.69, 9.17) is 0 Å². The van der Waals surface area contributed by atoms with Crippen molar-refractivity contribution in [3.8, 4) is 0 Å². The van der Waals surface area contributed by atoms with E-state index in [1.807, 2.05) is 49.4 Å². The first-order valence-corrected chi connectivity index (χ1v) is 14.6. The summed E-state index contributed by atoms with van der Waals surface area (Å²) in [6.07, 6.45) is 5.89. The molecule has 3 nitrogen and oxygen atoms in total. The van der Waals surface area contributed by atoms with Gasteiger partial charge in [0.25, 0.3) is 0 Å². The maximum Gasteiger partial charge on any atom is 0.165 e. The van der Waals surface area contributed by atoms with Gasteiger partial charge in [-0.2, -0.15) is 0 Å². The summed E-state index contributed by atoms with van der Waals surface area (Å²) in [6.45, 7) is 6.19. The van der Waals surface area contributed by atoms with Crippen LogP contribution in [0.5, 0.6) is 0 Å². The van der Waals surface area contributed by atoms with Gasteiger partial charge in [0.2, 0.25) is 0 Å². The number of aryl methyl sites for hydroxylation is 3. The Labute approximate surface area is 235 Å². The van der Waals surface area contributed by atoms with E-state index in [1.165, 1.54) is 16.7 Å². The largest absolute Gasteiger partial charge is 0.299 e. The van der Waals surface area contributed by atoms with Gasteiger partial charge in [0.1, 0.15) is 11.6 Å². The predicted molar refractivity (Wildman–Crippen MR) is 160 cm³/mol. The topological polar surface area (TPSA) is 51.2 Å². The summed E-state index contributed by atoms with van der Waals surface area (Å²) < 4.78 is 0. The Morgan fingerprint density at radius 3 is 2.15 bits per heavy atom. The summed E-state index contributed by atoms with van der Waals surface area (Å²) in [6, 6.07) is 26.0. The van der Waals surface area contributed by atoms with E-state index in [0.717, 1.165) is 17.5 Å². The van der Waals surface area contributed by atoms with Crippen molar-refractivity contribution >= 4 is 17.3 Å². The van der Waals surface area contributed by atoms with Crippen LogP contribution in [0.3, 0.4) is 0 Å². The molecule has 4 rings (SSSR count). The zero-order valence-electron chi connectivity index (χ0n) is 23.7. The SMILES string of the molecule is CCc1ccc(C(C)C(=O)CCC2(C(=O)CCc3ccccc3C)CCC(C(=O)c3ccccc3)CC2)cc1.[HH]. The lowest BCUT2D eigenvalue weighted by Crippen LogP contribution is -2.38. The highest BCUT2D eigenvalue weighted by atomic mass is 16.1. The second kappa shape index (κ2) is 13.2. The molecule has 1 atom stereocenters. The second-order valence-corrected chi connectivity index (χ2v) is 11.4. The third kappa shape index (κ3) is 7.01. The predicted octanol–water partition coefficient (Wildman–Crippen LogP) is 8.52. The molecule has 3 aromatic rings. The number of Topliss-reactive ketones (excluding diaryl/α,β-unsaturated/α-hetero) is 3. The highest BCUT2D eigenvalue weighted by Gasteiger charge is 2.42. The van der Waals surface area contributed by atoms with Crippen LogP contribution in [0.1, 0.15) is 98.7 Å². The van der Waals surface area contributed by atoms with Crippen molar-refractivity contribution in [2.75, 3.05) is 0 Å². The van der Waals surface area contributed by atoms with Crippen LogP contribution in [0.15, 0.2) is 78.9 Å². The average Bonchev–Trinajstić information content (AvgIpc) is 2.99. The second-order valence-electron chi connectivity index (χ2n) is 11.4. The minimum atomic E-state index is -0.530. The number of carbonyl (C=O) groups excluding carboxylic acids is 3. The Morgan fingerprint density at radius 2 is 1.51 bits per heavy atom. The van der Waals surface area contributed by atoms with Crippen LogP contribution in [0.25, 0.3) is 0 Å². The number of hydrogen-bond donors (Lipinski definition) is 0. The van der Waals surface area contributed by atoms with Crippen molar-refractivity contribution in [1.29, 1.82) is 0 Å². The Kier molecular flexibility index (Phi) is 9.67. The molecule has 0 saturated heterocycles. The van der Waals surface area contributed by atoms with Crippen LogP contribution in [-0.2, 0) is 22.4 Å². The van der Waals surface area contributed by atoms with Gasteiger partial charge in [0.15, 0.2) is 5.78 Å². The highest BCUT2D eigenvalue weighted by Crippen LogP contribution is 2.45. The molecular formula is C36H44O3. The van der Waals surface area contributed by atoms with Crippen LogP contribution in [0.4, 0.5) is 0 Å². The van der Waals surface area contributed by atoms with Gasteiger partial charge in [-0.15, -0.1) is 0 Å². The summed E-state index contributed by atoms with van der Waals surface area (Å²) in [5.41, 5.74) is 4.92. The fourth-order valence-electron chi connectivity index (χ4n) is 6.15. The third-order valence-electron chi connectivity index (χ3n) is 9.07.